The van der Waals surface area contributed by atoms with Crippen LogP contribution in [-0.2, 0) is 14.8 Å². The number of rotatable bonds is 9. The van der Waals surface area contributed by atoms with Gasteiger partial charge in [-0.3, -0.25) is 9.59 Å². The van der Waals surface area contributed by atoms with Gasteiger partial charge in [-0.2, -0.15) is 0 Å². The fraction of sp³-hybridized carbons (Fsp3) is 0.680. The highest BCUT2D eigenvalue weighted by Crippen LogP contribution is 2.61. The quantitative estimate of drug-likeness (QED) is 0.565. The number of hydrogen-bond donors (Lipinski definition) is 1. The predicted molar refractivity (Wildman–Crippen MR) is 124 cm³/mol. The highest BCUT2D eigenvalue weighted by atomic mass is 32.2. The third-order valence-corrected chi connectivity index (χ3v) is 10.1. The zero-order valence-electron chi connectivity index (χ0n) is 19.5. The molecule has 1 aromatic carbocycles. The van der Waals surface area contributed by atoms with Crippen molar-refractivity contribution >= 4 is 21.7 Å². The van der Waals surface area contributed by atoms with Crippen molar-refractivity contribution in [3.05, 3.63) is 29.8 Å². The molecule has 176 valence electrons. The first-order chi connectivity index (χ1) is 15.1. The second kappa shape index (κ2) is 8.90. The predicted octanol–water partition coefficient (Wildman–Crippen LogP) is 4.01. The van der Waals surface area contributed by atoms with Gasteiger partial charge in [-0.25, -0.2) is 12.7 Å². The first kappa shape index (κ1) is 23.4. The van der Waals surface area contributed by atoms with Crippen LogP contribution < -0.4 is 5.32 Å². The number of hydrogen-bond acceptors (Lipinski definition) is 4. The molecule has 0 heterocycles. The van der Waals surface area contributed by atoms with Crippen molar-refractivity contribution in [1.82, 2.24) is 9.62 Å². The molecule has 1 amide bonds. The lowest BCUT2D eigenvalue weighted by Crippen LogP contribution is -2.55. The van der Waals surface area contributed by atoms with Crippen LogP contribution in [0.25, 0.3) is 0 Å². The lowest BCUT2D eigenvalue weighted by Gasteiger charge is -2.59. The normalized spacial score (nSPS) is 29.8. The Morgan fingerprint density at radius 2 is 1.59 bits per heavy atom. The van der Waals surface area contributed by atoms with E-state index >= 15 is 0 Å². The monoisotopic (exact) mass is 460 g/mol. The average Bonchev–Trinajstić information content (AvgIpc) is 2.72. The van der Waals surface area contributed by atoms with E-state index in [0.717, 1.165) is 17.8 Å². The summed E-state index contributed by atoms with van der Waals surface area (Å²) in [7, 11) is -2.11. The molecule has 4 aliphatic carbocycles. The summed E-state index contributed by atoms with van der Waals surface area (Å²) in [5, 5.41) is 3.26. The molecule has 1 N–H and O–H groups in total. The smallest absolute Gasteiger partial charge is 0.242 e. The van der Waals surface area contributed by atoms with Crippen LogP contribution >= 0.6 is 0 Å². The first-order valence-corrected chi connectivity index (χ1v) is 13.4. The molecule has 32 heavy (non-hydrogen) atoms. The summed E-state index contributed by atoms with van der Waals surface area (Å²) in [4.78, 5) is 24.2. The Bertz CT molecular complexity index is 935. The van der Waals surface area contributed by atoms with Crippen LogP contribution in [0.5, 0.6) is 0 Å². The van der Waals surface area contributed by atoms with Crippen LogP contribution in [0.1, 0.15) is 75.6 Å². The summed E-state index contributed by atoms with van der Waals surface area (Å²) in [6.45, 7) is 3.90. The zero-order chi connectivity index (χ0) is 23.1. The van der Waals surface area contributed by atoms with Crippen LogP contribution in [0, 0.1) is 23.2 Å². The van der Waals surface area contributed by atoms with E-state index in [1.54, 1.807) is 0 Å². The topological polar surface area (TPSA) is 83.6 Å². The molecule has 0 saturated heterocycles. The third-order valence-electron chi connectivity index (χ3n) is 8.23. The number of amides is 1. The van der Waals surface area contributed by atoms with E-state index in [1.165, 1.54) is 81.1 Å². The van der Waals surface area contributed by atoms with Gasteiger partial charge in [0.2, 0.25) is 15.9 Å². The fourth-order valence-electron chi connectivity index (χ4n) is 6.80. The van der Waals surface area contributed by atoms with E-state index < -0.39 is 10.0 Å². The molecule has 6 nitrogen and oxygen atoms in total. The molecule has 4 fully saturated rings. The molecular formula is C25H36N2O4S. The number of Topliss-reactive ketones (excluding diaryl/α,β-unsaturated/α-hetero) is 1. The van der Waals surface area contributed by atoms with Gasteiger partial charge >= 0.3 is 0 Å². The molecule has 0 unspecified atom stereocenters. The molecule has 4 aliphatic rings. The third kappa shape index (κ3) is 4.65. The SMILES string of the molecule is CC(=O)c1ccc(S(=O)(=O)N(C)CCCC(=O)N[C@H](C)C23CC4CC(CC(C4)C2)C3)cc1. The van der Waals surface area contributed by atoms with Crippen molar-refractivity contribution in [2.24, 2.45) is 23.2 Å². The van der Waals surface area contributed by atoms with Crippen molar-refractivity contribution in [3.8, 4) is 0 Å². The van der Waals surface area contributed by atoms with Crippen molar-refractivity contribution in [1.29, 1.82) is 0 Å². The number of carbonyl (C=O) groups excluding carboxylic acids is 2. The van der Waals surface area contributed by atoms with E-state index in [4.69, 9.17) is 0 Å². The van der Waals surface area contributed by atoms with E-state index in [0.29, 0.717) is 18.4 Å². The summed E-state index contributed by atoms with van der Waals surface area (Å²) in [5.41, 5.74) is 0.757. The molecular weight excluding hydrogens is 424 g/mol. The Hall–Kier alpha value is -1.73. The second-order valence-corrected chi connectivity index (χ2v) is 12.6. The van der Waals surface area contributed by atoms with Gasteiger partial charge in [-0.15, -0.1) is 0 Å². The summed E-state index contributed by atoms with van der Waals surface area (Å²) in [5.74, 6) is 2.47. The molecule has 7 heteroatoms. The maximum Gasteiger partial charge on any atom is 0.242 e. The number of carbonyl (C=O) groups is 2. The Kier molecular flexibility index (Phi) is 6.52. The molecule has 4 bridgehead atoms. The summed E-state index contributed by atoms with van der Waals surface area (Å²) < 4.78 is 26.8. The Morgan fingerprint density at radius 1 is 1.06 bits per heavy atom. The van der Waals surface area contributed by atoms with Crippen molar-refractivity contribution in [2.75, 3.05) is 13.6 Å². The summed E-state index contributed by atoms with van der Waals surface area (Å²) in [6.07, 6.45) is 8.71. The number of nitrogens with zero attached hydrogens (tertiary/aromatic N) is 1. The number of nitrogens with one attached hydrogen (secondary N) is 1. The van der Waals surface area contributed by atoms with Crippen LogP contribution in [0.15, 0.2) is 29.2 Å². The molecule has 0 radical (unpaired) electrons. The minimum absolute atomic E-state index is 0.0184. The maximum absolute atomic E-state index is 12.8. The van der Waals surface area contributed by atoms with Crippen molar-refractivity contribution in [2.45, 2.75) is 76.2 Å². The van der Waals surface area contributed by atoms with E-state index in [1.807, 2.05) is 0 Å². The van der Waals surface area contributed by atoms with Gasteiger partial charge in [-0.1, -0.05) is 12.1 Å². The van der Waals surface area contributed by atoms with Crippen LogP contribution in [-0.4, -0.2) is 44.0 Å². The van der Waals surface area contributed by atoms with Gasteiger partial charge in [0.25, 0.3) is 0 Å². The fourth-order valence-corrected chi connectivity index (χ4v) is 8.01. The summed E-state index contributed by atoms with van der Waals surface area (Å²) in [6, 6.07) is 6.17. The number of ketones is 1. The number of sulfonamides is 1. The highest BCUT2D eigenvalue weighted by molar-refractivity contribution is 7.89. The summed E-state index contributed by atoms with van der Waals surface area (Å²) >= 11 is 0. The number of benzene rings is 1. The molecule has 0 aliphatic heterocycles. The average molecular weight is 461 g/mol. The molecule has 4 saturated carbocycles. The van der Waals surface area contributed by atoms with Gasteiger partial charge in [-0.05, 0) is 94.1 Å². The molecule has 1 aromatic rings. The molecule has 0 aromatic heterocycles. The van der Waals surface area contributed by atoms with E-state index in [2.05, 4.69) is 12.2 Å². The van der Waals surface area contributed by atoms with Crippen molar-refractivity contribution in [3.63, 3.8) is 0 Å². The Labute approximate surface area is 192 Å². The molecule has 1 atom stereocenters. The highest BCUT2D eigenvalue weighted by Gasteiger charge is 2.53. The van der Waals surface area contributed by atoms with Gasteiger partial charge in [0.15, 0.2) is 5.78 Å². The van der Waals surface area contributed by atoms with Crippen LogP contribution in [0.3, 0.4) is 0 Å². The van der Waals surface area contributed by atoms with Gasteiger partial charge < -0.3 is 5.32 Å². The minimum atomic E-state index is -3.64. The van der Waals surface area contributed by atoms with E-state index in [9.17, 15) is 18.0 Å². The standard InChI is InChI=1S/C25H36N2O4S/c1-17(28)22-6-8-23(9-7-22)32(30,31)27(3)10-4-5-24(29)26-18(2)25-14-19-11-20(15-25)13-21(12-19)16-25/h6-9,18-21H,4-5,10-16H2,1-3H3,(H,26,29)/t18-,19?,20?,21?,25?/m1/s1. The van der Waals surface area contributed by atoms with E-state index in [-0.39, 0.29) is 34.6 Å². The molecule has 0 spiro atoms. The Balaban J connectivity index is 1.26. The first-order valence-electron chi connectivity index (χ1n) is 12.0. The lowest BCUT2D eigenvalue weighted by molar-refractivity contribution is -0.126. The molecule has 5 rings (SSSR count). The van der Waals surface area contributed by atoms with Crippen LogP contribution in [0.2, 0.25) is 0 Å². The Morgan fingerprint density at radius 3 is 2.09 bits per heavy atom. The maximum atomic E-state index is 12.8. The second-order valence-electron chi connectivity index (χ2n) is 10.6. The largest absolute Gasteiger partial charge is 0.353 e. The zero-order valence-corrected chi connectivity index (χ0v) is 20.3. The van der Waals surface area contributed by atoms with Crippen LogP contribution in [0.4, 0.5) is 0 Å². The van der Waals surface area contributed by atoms with Gasteiger partial charge in [0.1, 0.15) is 0 Å². The lowest BCUT2D eigenvalue weighted by atomic mass is 9.48. The van der Waals surface area contributed by atoms with Crippen molar-refractivity contribution < 1.29 is 18.0 Å². The van der Waals surface area contributed by atoms with Gasteiger partial charge in [0.05, 0.1) is 4.90 Å². The minimum Gasteiger partial charge on any atom is -0.353 e. The van der Waals surface area contributed by atoms with Gasteiger partial charge in [0, 0.05) is 31.6 Å².